The SMILES string of the molecule is OC(CC1c2ccccc2-c2cncn21)C12CC3CC[C@@H](O)C1(C3)C2. The van der Waals surface area contributed by atoms with Crippen LogP contribution >= 0.6 is 0 Å². The Morgan fingerprint density at radius 3 is 3.04 bits per heavy atom. The van der Waals surface area contributed by atoms with E-state index < -0.39 is 0 Å². The Kier molecular flexibility index (Phi) is 2.64. The van der Waals surface area contributed by atoms with E-state index in [1.165, 1.54) is 11.1 Å². The topological polar surface area (TPSA) is 58.3 Å². The van der Waals surface area contributed by atoms with Gasteiger partial charge in [0.05, 0.1) is 36.5 Å². The number of hydrogen-bond donors (Lipinski definition) is 2. The third-order valence-electron chi connectivity index (χ3n) is 7.97. The van der Waals surface area contributed by atoms with Crippen LogP contribution in [-0.2, 0) is 0 Å². The van der Waals surface area contributed by atoms with Gasteiger partial charge in [0.2, 0.25) is 0 Å². The molecule has 2 bridgehead atoms. The lowest BCUT2D eigenvalue weighted by molar-refractivity contribution is 0.00885. The molecule has 4 aliphatic rings. The van der Waals surface area contributed by atoms with Crippen LogP contribution in [-0.4, -0.2) is 32.0 Å². The van der Waals surface area contributed by atoms with E-state index in [9.17, 15) is 10.2 Å². The second-order valence-corrected chi connectivity index (χ2v) is 8.90. The number of aliphatic hydroxyl groups excluding tert-OH is 2. The molecule has 0 radical (unpaired) electrons. The maximum absolute atomic E-state index is 11.3. The summed E-state index contributed by atoms with van der Waals surface area (Å²) in [6.45, 7) is 0. The molecule has 0 amide bonds. The highest BCUT2D eigenvalue weighted by atomic mass is 16.3. The highest BCUT2D eigenvalue weighted by Crippen LogP contribution is 2.81. The maximum atomic E-state index is 11.3. The molecule has 6 rings (SSSR count). The zero-order valence-electron chi connectivity index (χ0n) is 14.3. The Morgan fingerprint density at radius 1 is 1.24 bits per heavy atom. The molecule has 1 spiro atoms. The van der Waals surface area contributed by atoms with Crippen molar-refractivity contribution in [2.24, 2.45) is 16.7 Å². The molecule has 1 aromatic heterocycles. The summed E-state index contributed by atoms with van der Waals surface area (Å²) in [5.41, 5.74) is 3.68. The van der Waals surface area contributed by atoms with Gasteiger partial charge in [-0.3, -0.25) is 0 Å². The van der Waals surface area contributed by atoms with Crippen molar-refractivity contribution in [3.8, 4) is 11.3 Å². The van der Waals surface area contributed by atoms with E-state index in [0.29, 0.717) is 5.92 Å². The molecule has 1 aromatic carbocycles. The van der Waals surface area contributed by atoms with E-state index >= 15 is 0 Å². The summed E-state index contributed by atoms with van der Waals surface area (Å²) in [7, 11) is 0. The Balaban J connectivity index is 1.34. The molecule has 4 heteroatoms. The van der Waals surface area contributed by atoms with Crippen LogP contribution in [0.25, 0.3) is 11.3 Å². The molecule has 2 aromatic rings. The van der Waals surface area contributed by atoms with Gasteiger partial charge >= 0.3 is 0 Å². The summed E-state index contributed by atoms with van der Waals surface area (Å²) in [4.78, 5) is 4.33. The van der Waals surface area contributed by atoms with Crippen LogP contribution in [0.15, 0.2) is 36.8 Å². The highest BCUT2D eigenvalue weighted by Gasteiger charge is 2.78. The molecule has 6 atom stereocenters. The van der Waals surface area contributed by atoms with Gasteiger partial charge in [0.1, 0.15) is 0 Å². The number of imidazole rings is 1. The fourth-order valence-corrected chi connectivity index (χ4v) is 6.83. The van der Waals surface area contributed by atoms with Gasteiger partial charge in [0.15, 0.2) is 0 Å². The van der Waals surface area contributed by atoms with E-state index in [1.807, 2.05) is 12.5 Å². The smallest absolute Gasteiger partial charge is 0.0956 e. The number of rotatable bonds is 3. The van der Waals surface area contributed by atoms with E-state index in [1.54, 1.807) is 0 Å². The first-order valence-corrected chi connectivity index (χ1v) is 9.62. The minimum Gasteiger partial charge on any atom is -0.393 e. The van der Waals surface area contributed by atoms with Crippen molar-refractivity contribution in [2.75, 3.05) is 0 Å². The molecule has 1 aliphatic heterocycles. The van der Waals surface area contributed by atoms with Crippen LogP contribution < -0.4 is 0 Å². The van der Waals surface area contributed by atoms with E-state index in [0.717, 1.165) is 44.2 Å². The lowest BCUT2D eigenvalue weighted by Gasteiger charge is -2.30. The van der Waals surface area contributed by atoms with Crippen LogP contribution in [0.3, 0.4) is 0 Å². The summed E-state index contributed by atoms with van der Waals surface area (Å²) >= 11 is 0. The molecular formula is C21H24N2O2. The molecule has 25 heavy (non-hydrogen) atoms. The van der Waals surface area contributed by atoms with Crippen molar-refractivity contribution in [3.63, 3.8) is 0 Å². The largest absolute Gasteiger partial charge is 0.393 e. The summed E-state index contributed by atoms with van der Waals surface area (Å²) in [5, 5.41) is 21.9. The Hall–Kier alpha value is -1.65. The number of aliphatic hydroxyl groups is 2. The summed E-state index contributed by atoms with van der Waals surface area (Å²) in [5.74, 6) is 0.714. The first-order valence-electron chi connectivity index (χ1n) is 9.62. The third kappa shape index (κ3) is 1.63. The van der Waals surface area contributed by atoms with Gasteiger partial charge in [-0.2, -0.15) is 0 Å². The zero-order valence-corrected chi connectivity index (χ0v) is 14.3. The van der Waals surface area contributed by atoms with E-state index in [4.69, 9.17) is 0 Å². The van der Waals surface area contributed by atoms with Crippen molar-refractivity contribution < 1.29 is 10.2 Å². The quantitative estimate of drug-likeness (QED) is 0.905. The normalized spacial score (nSPS) is 41.1. The summed E-state index contributed by atoms with van der Waals surface area (Å²) in [6.07, 6.45) is 9.30. The average Bonchev–Trinajstić information content (AvgIpc) is 2.96. The lowest BCUT2D eigenvalue weighted by Crippen LogP contribution is -2.33. The average molecular weight is 336 g/mol. The van der Waals surface area contributed by atoms with Crippen molar-refractivity contribution in [1.82, 2.24) is 9.55 Å². The number of hydrogen-bond acceptors (Lipinski definition) is 3. The predicted octanol–water partition coefficient (Wildman–Crippen LogP) is 3.15. The molecule has 130 valence electrons. The minimum absolute atomic E-state index is 0.0191. The number of benzene rings is 1. The fraction of sp³-hybridized carbons (Fsp3) is 0.571. The van der Waals surface area contributed by atoms with Gasteiger partial charge in [-0.15, -0.1) is 0 Å². The van der Waals surface area contributed by atoms with Crippen LogP contribution in [0.2, 0.25) is 0 Å². The molecule has 3 aliphatic carbocycles. The molecule has 5 unspecified atom stereocenters. The minimum atomic E-state index is -0.350. The molecule has 3 saturated carbocycles. The first-order chi connectivity index (χ1) is 12.1. The predicted molar refractivity (Wildman–Crippen MR) is 93.9 cm³/mol. The van der Waals surface area contributed by atoms with Crippen molar-refractivity contribution in [2.45, 2.75) is 56.8 Å². The number of fused-ring (bicyclic) bond motifs is 4. The first kappa shape index (κ1) is 14.5. The summed E-state index contributed by atoms with van der Waals surface area (Å²) in [6, 6.07) is 8.65. The molecule has 3 fully saturated rings. The van der Waals surface area contributed by atoms with E-state index in [2.05, 4.69) is 33.8 Å². The summed E-state index contributed by atoms with van der Waals surface area (Å²) < 4.78 is 2.22. The third-order valence-corrected chi connectivity index (χ3v) is 7.97. The Morgan fingerprint density at radius 2 is 2.12 bits per heavy atom. The highest BCUT2D eigenvalue weighted by molar-refractivity contribution is 5.68. The zero-order chi connectivity index (χ0) is 16.8. The monoisotopic (exact) mass is 336 g/mol. The fourth-order valence-electron chi connectivity index (χ4n) is 6.83. The van der Waals surface area contributed by atoms with Gasteiger partial charge < -0.3 is 14.8 Å². The number of nitrogens with zero attached hydrogens (tertiary/aromatic N) is 2. The van der Waals surface area contributed by atoms with Gasteiger partial charge in [0.25, 0.3) is 0 Å². The van der Waals surface area contributed by atoms with Gasteiger partial charge in [-0.1, -0.05) is 24.3 Å². The second-order valence-electron chi connectivity index (χ2n) is 8.90. The molecular weight excluding hydrogens is 312 g/mol. The van der Waals surface area contributed by atoms with Crippen LogP contribution in [0, 0.1) is 16.7 Å². The van der Waals surface area contributed by atoms with Gasteiger partial charge in [0, 0.05) is 16.4 Å². The number of aromatic nitrogens is 2. The van der Waals surface area contributed by atoms with E-state index in [-0.39, 0.29) is 29.1 Å². The maximum Gasteiger partial charge on any atom is 0.0956 e. The van der Waals surface area contributed by atoms with Crippen LogP contribution in [0.5, 0.6) is 0 Å². The van der Waals surface area contributed by atoms with Gasteiger partial charge in [-0.05, 0) is 50.0 Å². The molecule has 2 heterocycles. The molecule has 0 saturated heterocycles. The van der Waals surface area contributed by atoms with Crippen molar-refractivity contribution >= 4 is 0 Å². The van der Waals surface area contributed by atoms with Crippen molar-refractivity contribution in [1.29, 1.82) is 0 Å². The van der Waals surface area contributed by atoms with Crippen LogP contribution in [0.4, 0.5) is 0 Å². The molecule has 4 nitrogen and oxygen atoms in total. The Labute approximate surface area is 147 Å². The standard InChI is InChI=1S/C21H24N2O2/c24-18-6-5-13-8-20(18)11-21(20,9-13)19(25)7-16-14-3-1-2-4-15(14)17-10-22-12-23(16)17/h1-4,10,12-13,16,18-19,24-25H,5-9,11H2/t13?,16?,18-,19?,20?,21?/m1/s1. The van der Waals surface area contributed by atoms with Gasteiger partial charge in [-0.25, -0.2) is 4.98 Å². The molecule has 2 N–H and O–H groups in total. The van der Waals surface area contributed by atoms with Crippen molar-refractivity contribution in [3.05, 3.63) is 42.4 Å². The van der Waals surface area contributed by atoms with Crippen LogP contribution in [0.1, 0.15) is 50.1 Å². The Bertz CT molecular complexity index is 861. The lowest BCUT2D eigenvalue weighted by atomic mass is 9.80. The second kappa shape index (κ2) is 4.54.